The van der Waals surface area contributed by atoms with Crippen LogP contribution in [0.5, 0.6) is 0 Å². The Morgan fingerprint density at radius 1 is 0.944 bits per heavy atom. The third-order valence-electron chi connectivity index (χ3n) is 5.27. The molecule has 1 atom stereocenters. The average Bonchev–Trinajstić information content (AvgIpc) is 2.77. The normalized spacial score (nSPS) is 29.3. The molecule has 18 heavy (non-hydrogen) atoms. The van der Waals surface area contributed by atoms with Crippen molar-refractivity contribution < 1.29 is 0 Å². The van der Waals surface area contributed by atoms with Crippen molar-refractivity contribution in [2.24, 2.45) is 11.3 Å². The number of hydrogen-bond acceptors (Lipinski definition) is 1. The molecular formula is C17H33N. The van der Waals surface area contributed by atoms with Crippen LogP contribution in [0.25, 0.3) is 0 Å². The summed E-state index contributed by atoms with van der Waals surface area (Å²) in [7, 11) is 0. The van der Waals surface area contributed by atoms with Crippen LogP contribution >= 0.6 is 0 Å². The summed E-state index contributed by atoms with van der Waals surface area (Å²) in [6.45, 7) is 6.15. The van der Waals surface area contributed by atoms with Crippen molar-refractivity contribution in [1.82, 2.24) is 5.32 Å². The molecule has 1 heteroatoms. The molecule has 0 spiro atoms. The highest BCUT2D eigenvalue weighted by atomic mass is 14.9. The fourth-order valence-electron chi connectivity index (χ4n) is 3.86. The molecule has 0 heterocycles. The Bertz CT molecular complexity index is 228. The molecule has 0 aliphatic heterocycles. The third kappa shape index (κ3) is 4.91. The molecule has 1 N–H and O–H groups in total. The van der Waals surface area contributed by atoms with Crippen LogP contribution in [-0.2, 0) is 0 Å². The van der Waals surface area contributed by atoms with E-state index in [1.54, 1.807) is 0 Å². The fraction of sp³-hybridized carbons (Fsp3) is 1.00. The van der Waals surface area contributed by atoms with Crippen molar-refractivity contribution in [3.63, 3.8) is 0 Å². The second kappa shape index (κ2) is 6.93. The van der Waals surface area contributed by atoms with Gasteiger partial charge >= 0.3 is 0 Å². The Hall–Kier alpha value is -0.0400. The van der Waals surface area contributed by atoms with Crippen LogP contribution in [0, 0.1) is 11.3 Å². The van der Waals surface area contributed by atoms with Crippen molar-refractivity contribution in [2.75, 3.05) is 6.54 Å². The van der Waals surface area contributed by atoms with E-state index in [1.807, 2.05) is 0 Å². The minimum absolute atomic E-state index is 0.597. The van der Waals surface area contributed by atoms with E-state index in [4.69, 9.17) is 0 Å². The first kappa shape index (κ1) is 14.4. The van der Waals surface area contributed by atoms with E-state index in [0.717, 1.165) is 12.0 Å². The summed E-state index contributed by atoms with van der Waals surface area (Å²) in [6, 6.07) is 0.815. The van der Waals surface area contributed by atoms with E-state index in [2.05, 4.69) is 19.2 Å². The zero-order valence-corrected chi connectivity index (χ0v) is 12.6. The lowest BCUT2D eigenvalue weighted by Gasteiger charge is -2.22. The summed E-state index contributed by atoms with van der Waals surface area (Å²) in [6.07, 6.45) is 16.0. The number of rotatable bonds is 5. The summed E-state index contributed by atoms with van der Waals surface area (Å²) in [5.74, 6) is 1.07. The predicted molar refractivity (Wildman–Crippen MR) is 79.8 cm³/mol. The monoisotopic (exact) mass is 251 g/mol. The molecule has 2 aliphatic rings. The standard InChI is InChI=1S/C17H33N/c1-17(2)12-5-10-16(11-13-17)18-14-6-9-15-7-3-4-8-15/h15-16,18H,3-14H2,1-2H3. The van der Waals surface area contributed by atoms with Crippen molar-refractivity contribution in [3.8, 4) is 0 Å². The molecule has 0 aromatic carbocycles. The second-order valence-corrected chi connectivity index (χ2v) is 7.54. The van der Waals surface area contributed by atoms with Crippen LogP contribution < -0.4 is 5.32 Å². The van der Waals surface area contributed by atoms with Crippen LogP contribution in [-0.4, -0.2) is 12.6 Å². The lowest BCUT2D eigenvalue weighted by molar-refractivity contribution is 0.309. The zero-order valence-electron chi connectivity index (χ0n) is 12.6. The molecule has 2 saturated carbocycles. The quantitative estimate of drug-likeness (QED) is 0.541. The van der Waals surface area contributed by atoms with Crippen molar-refractivity contribution in [1.29, 1.82) is 0 Å². The molecule has 0 aromatic heterocycles. The first-order valence-corrected chi connectivity index (χ1v) is 8.39. The van der Waals surface area contributed by atoms with Gasteiger partial charge in [0.05, 0.1) is 0 Å². The van der Waals surface area contributed by atoms with Gasteiger partial charge in [-0.1, -0.05) is 46.0 Å². The van der Waals surface area contributed by atoms with Gasteiger partial charge in [0.15, 0.2) is 0 Å². The van der Waals surface area contributed by atoms with E-state index in [-0.39, 0.29) is 0 Å². The van der Waals surface area contributed by atoms with Crippen molar-refractivity contribution in [3.05, 3.63) is 0 Å². The van der Waals surface area contributed by atoms with Crippen molar-refractivity contribution >= 4 is 0 Å². The molecule has 106 valence electrons. The van der Waals surface area contributed by atoms with Crippen LogP contribution in [0.2, 0.25) is 0 Å². The van der Waals surface area contributed by atoms with E-state index in [0.29, 0.717) is 5.41 Å². The Balaban J connectivity index is 1.55. The summed E-state index contributed by atoms with van der Waals surface area (Å²) in [5.41, 5.74) is 0.597. The molecule has 1 unspecified atom stereocenters. The average molecular weight is 251 g/mol. The Kier molecular flexibility index (Phi) is 5.54. The highest BCUT2D eigenvalue weighted by molar-refractivity contribution is 4.79. The number of hydrogen-bond donors (Lipinski definition) is 1. The number of nitrogens with one attached hydrogen (secondary N) is 1. The van der Waals surface area contributed by atoms with Gasteiger partial charge in [0.2, 0.25) is 0 Å². The van der Waals surface area contributed by atoms with E-state index in [1.165, 1.54) is 77.2 Å². The first-order valence-electron chi connectivity index (χ1n) is 8.39. The summed E-state index contributed by atoms with van der Waals surface area (Å²) < 4.78 is 0. The molecule has 0 aromatic rings. The van der Waals surface area contributed by atoms with E-state index in [9.17, 15) is 0 Å². The molecule has 0 amide bonds. The maximum Gasteiger partial charge on any atom is 0.00672 e. The maximum absolute atomic E-state index is 3.82. The SMILES string of the molecule is CC1(C)CCCC(NCCCC2CCCC2)CC1. The van der Waals surface area contributed by atoms with Crippen LogP contribution in [0.15, 0.2) is 0 Å². The van der Waals surface area contributed by atoms with Crippen LogP contribution in [0.3, 0.4) is 0 Å². The van der Waals surface area contributed by atoms with Gasteiger partial charge in [-0.15, -0.1) is 0 Å². The van der Waals surface area contributed by atoms with Gasteiger partial charge in [-0.3, -0.25) is 0 Å². The minimum Gasteiger partial charge on any atom is -0.314 e. The van der Waals surface area contributed by atoms with Crippen molar-refractivity contribution in [2.45, 2.75) is 90.5 Å². The maximum atomic E-state index is 3.82. The van der Waals surface area contributed by atoms with Gasteiger partial charge in [-0.25, -0.2) is 0 Å². The fourth-order valence-corrected chi connectivity index (χ4v) is 3.86. The molecule has 2 fully saturated rings. The molecule has 2 rings (SSSR count). The molecule has 1 nitrogen and oxygen atoms in total. The molecule has 2 aliphatic carbocycles. The molecule has 0 bridgehead atoms. The molecular weight excluding hydrogens is 218 g/mol. The smallest absolute Gasteiger partial charge is 0.00672 e. The van der Waals surface area contributed by atoms with Gasteiger partial charge in [-0.05, 0) is 56.4 Å². The molecule has 0 radical (unpaired) electrons. The lowest BCUT2D eigenvalue weighted by Crippen LogP contribution is -2.29. The van der Waals surface area contributed by atoms with Gasteiger partial charge < -0.3 is 5.32 Å². The topological polar surface area (TPSA) is 12.0 Å². The van der Waals surface area contributed by atoms with E-state index < -0.39 is 0 Å². The van der Waals surface area contributed by atoms with Gasteiger partial charge in [0.1, 0.15) is 0 Å². The highest BCUT2D eigenvalue weighted by Crippen LogP contribution is 2.33. The Morgan fingerprint density at radius 3 is 2.50 bits per heavy atom. The third-order valence-corrected chi connectivity index (χ3v) is 5.27. The van der Waals surface area contributed by atoms with Gasteiger partial charge in [0.25, 0.3) is 0 Å². The predicted octanol–water partition coefficient (Wildman–Crippen LogP) is 4.91. The largest absolute Gasteiger partial charge is 0.314 e. The van der Waals surface area contributed by atoms with E-state index >= 15 is 0 Å². The zero-order chi connectivity index (χ0) is 12.8. The lowest BCUT2D eigenvalue weighted by atomic mass is 9.85. The summed E-state index contributed by atoms with van der Waals surface area (Å²) in [4.78, 5) is 0. The summed E-state index contributed by atoms with van der Waals surface area (Å²) >= 11 is 0. The van der Waals surface area contributed by atoms with Crippen LogP contribution in [0.4, 0.5) is 0 Å². The second-order valence-electron chi connectivity index (χ2n) is 7.54. The molecule has 0 saturated heterocycles. The first-order chi connectivity index (χ1) is 8.66. The summed E-state index contributed by atoms with van der Waals surface area (Å²) in [5, 5.41) is 3.82. The minimum atomic E-state index is 0.597. The van der Waals surface area contributed by atoms with Gasteiger partial charge in [-0.2, -0.15) is 0 Å². The van der Waals surface area contributed by atoms with Gasteiger partial charge in [0, 0.05) is 6.04 Å². The van der Waals surface area contributed by atoms with Crippen LogP contribution in [0.1, 0.15) is 84.5 Å². The Labute approximate surface area is 114 Å². The Morgan fingerprint density at radius 2 is 1.72 bits per heavy atom. The highest BCUT2D eigenvalue weighted by Gasteiger charge is 2.23.